The van der Waals surface area contributed by atoms with Crippen molar-refractivity contribution in [3.8, 4) is 11.5 Å². The van der Waals surface area contributed by atoms with E-state index in [0.29, 0.717) is 6.79 Å². The maximum absolute atomic E-state index is 5.37. The minimum Gasteiger partial charge on any atom is -0.454 e. The molecule has 0 amide bonds. The first-order chi connectivity index (χ1) is 8.83. The van der Waals surface area contributed by atoms with Crippen molar-refractivity contribution < 1.29 is 9.47 Å². The Morgan fingerprint density at radius 2 is 2.28 bits per heavy atom. The van der Waals surface area contributed by atoms with Crippen LogP contribution in [0.25, 0.3) is 0 Å². The highest BCUT2D eigenvalue weighted by Gasteiger charge is 2.15. The molecule has 1 unspecified atom stereocenters. The highest BCUT2D eigenvalue weighted by molar-refractivity contribution is 5.45. The summed E-state index contributed by atoms with van der Waals surface area (Å²) >= 11 is 0. The van der Waals surface area contributed by atoms with E-state index in [1.807, 2.05) is 24.5 Å². The standard InChI is InChI=1S/C13H15N3O2/c1-9(14-5-10-6-15-16-7-10)11-2-3-12-13(4-11)18-8-17-12/h2-4,6-7,9,14H,5,8H2,1H3,(H,15,16). The fourth-order valence-corrected chi connectivity index (χ4v) is 1.95. The molecular formula is C13H15N3O2. The summed E-state index contributed by atoms with van der Waals surface area (Å²) in [6, 6.07) is 6.28. The highest BCUT2D eigenvalue weighted by atomic mass is 16.7. The SMILES string of the molecule is CC(NCc1cn[nH]c1)c1ccc2c(c1)OCO2. The van der Waals surface area contributed by atoms with Crippen LogP contribution in [-0.4, -0.2) is 17.0 Å². The minimum absolute atomic E-state index is 0.245. The molecule has 1 aromatic carbocycles. The summed E-state index contributed by atoms with van der Waals surface area (Å²) < 4.78 is 10.7. The van der Waals surface area contributed by atoms with Crippen LogP contribution >= 0.6 is 0 Å². The molecule has 2 aromatic rings. The minimum atomic E-state index is 0.245. The van der Waals surface area contributed by atoms with Gasteiger partial charge in [0.1, 0.15) is 0 Å². The van der Waals surface area contributed by atoms with E-state index in [9.17, 15) is 0 Å². The molecule has 0 bridgehead atoms. The van der Waals surface area contributed by atoms with Crippen LogP contribution in [0.2, 0.25) is 0 Å². The van der Waals surface area contributed by atoms with Crippen molar-refractivity contribution >= 4 is 0 Å². The van der Waals surface area contributed by atoms with E-state index in [0.717, 1.165) is 23.6 Å². The number of hydrogen-bond donors (Lipinski definition) is 2. The number of rotatable bonds is 4. The summed E-state index contributed by atoms with van der Waals surface area (Å²) in [5.41, 5.74) is 2.32. The van der Waals surface area contributed by atoms with Crippen molar-refractivity contribution in [2.45, 2.75) is 19.5 Å². The Bertz CT molecular complexity index is 525. The van der Waals surface area contributed by atoms with E-state index in [1.54, 1.807) is 0 Å². The Kier molecular flexibility index (Phi) is 2.90. The van der Waals surface area contributed by atoms with Crippen molar-refractivity contribution in [3.63, 3.8) is 0 Å². The Morgan fingerprint density at radius 3 is 3.11 bits per heavy atom. The van der Waals surface area contributed by atoms with Gasteiger partial charge in [-0.25, -0.2) is 0 Å². The number of ether oxygens (including phenoxy) is 2. The number of aromatic amines is 1. The van der Waals surface area contributed by atoms with Crippen LogP contribution in [0.5, 0.6) is 11.5 Å². The molecule has 3 rings (SSSR count). The van der Waals surface area contributed by atoms with Crippen LogP contribution in [0.15, 0.2) is 30.6 Å². The van der Waals surface area contributed by atoms with E-state index in [4.69, 9.17) is 9.47 Å². The van der Waals surface area contributed by atoms with Gasteiger partial charge in [-0.3, -0.25) is 5.10 Å². The van der Waals surface area contributed by atoms with Gasteiger partial charge in [0.05, 0.1) is 6.20 Å². The van der Waals surface area contributed by atoms with Gasteiger partial charge in [0.15, 0.2) is 11.5 Å². The monoisotopic (exact) mass is 245 g/mol. The zero-order valence-electron chi connectivity index (χ0n) is 10.1. The fraction of sp³-hybridized carbons (Fsp3) is 0.308. The van der Waals surface area contributed by atoms with Crippen molar-refractivity contribution in [1.29, 1.82) is 0 Å². The zero-order chi connectivity index (χ0) is 12.4. The number of nitrogens with one attached hydrogen (secondary N) is 2. The van der Waals surface area contributed by atoms with Crippen LogP contribution in [-0.2, 0) is 6.54 Å². The molecule has 1 atom stereocenters. The maximum Gasteiger partial charge on any atom is 0.231 e. The molecule has 0 saturated carbocycles. The van der Waals surface area contributed by atoms with Crippen LogP contribution in [0.4, 0.5) is 0 Å². The second-order valence-corrected chi connectivity index (χ2v) is 4.32. The highest BCUT2D eigenvalue weighted by Crippen LogP contribution is 2.34. The molecule has 1 aliphatic heterocycles. The molecule has 5 nitrogen and oxygen atoms in total. The van der Waals surface area contributed by atoms with Crippen LogP contribution < -0.4 is 14.8 Å². The van der Waals surface area contributed by atoms with Crippen LogP contribution in [0, 0.1) is 0 Å². The number of fused-ring (bicyclic) bond motifs is 1. The third-order valence-electron chi connectivity index (χ3n) is 3.06. The van der Waals surface area contributed by atoms with Gasteiger partial charge in [-0.15, -0.1) is 0 Å². The van der Waals surface area contributed by atoms with Crippen LogP contribution in [0.3, 0.4) is 0 Å². The quantitative estimate of drug-likeness (QED) is 0.864. The lowest BCUT2D eigenvalue weighted by Gasteiger charge is -2.14. The van der Waals surface area contributed by atoms with E-state index < -0.39 is 0 Å². The predicted molar refractivity (Wildman–Crippen MR) is 66.4 cm³/mol. The average Bonchev–Trinajstić information content (AvgIpc) is 3.05. The summed E-state index contributed by atoms with van der Waals surface area (Å²) in [7, 11) is 0. The molecule has 18 heavy (non-hydrogen) atoms. The van der Waals surface area contributed by atoms with Gasteiger partial charge < -0.3 is 14.8 Å². The van der Waals surface area contributed by atoms with Gasteiger partial charge >= 0.3 is 0 Å². The molecule has 0 saturated heterocycles. The molecule has 1 aromatic heterocycles. The van der Waals surface area contributed by atoms with Gasteiger partial charge in [-0.05, 0) is 24.6 Å². The van der Waals surface area contributed by atoms with Gasteiger partial charge in [0.25, 0.3) is 0 Å². The molecule has 0 aliphatic carbocycles. The Balaban J connectivity index is 1.67. The summed E-state index contributed by atoms with van der Waals surface area (Å²) in [5, 5.41) is 10.2. The zero-order valence-corrected chi connectivity index (χ0v) is 10.1. The molecule has 2 heterocycles. The average molecular weight is 245 g/mol. The largest absolute Gasteiger partial charge is 0.454 e. The molecule has 0 spiro atoms. The Labute approximate surface area is 105 Å². The van der Waals surface area contributed by atoms with Crippen LogP contribution in [0.1, 0.15) is 24.1 Å². The Hall–Kier alpha value is -2.01. The normalized spacial score (nSPS) is 14.7. The first kappa shape index (κ1) is 11.1. The number of hydrogen-bond acceptors (Lipinski definition) is 4. The lowest BCUT2D eigenvalue weighted by atomic mass is 10.1. The summed E-state index contributed by atoms with van der Waals surface area (Å²) in [5.74, 6) is 1.64. The topological polar surface area (TPSA) is 59.2 Å². The van der Waals surface area contributed by atoms with Gasteiger partial charge in [-0.2, -0.15) is 5.10 Å². The molecule has 0 fully saturated rings. The lowest BCUT2D eigenvalue weighted by Crippen LogP contribution is -2.17. The first-order valence-electron chi connectivity index (χ1n) is 5.93. The van der Waals surface area contributed by atoms with Crippen molar-refractivity contribution in [3.05, 3.63) is 41.7 Å². The van der Waals surface area contributed by atoms with Gasteiger partial charge in [0.2, 0.25) is 6.79 Å². The predicted octanol–water partition coefficient (Wildman–Crippen LogP) is 1.99. The van der Waals surface area contributed by atoms with Gasteiger partial charge in [0, 0.05) is 24.3 Å². The van der Waals surface area contributed by atoms with E-state index in [2.05, 4.69) is 28.5 Å². The Morgan fingerprint density at radius 1 is 1.39 bits per heavy atom. The molecule has 94 valence electrons. The second-order valence-electron chi connectivity index (χ2n) is 4.32. The van der Waals surface area contributed by atoms with E-state index in [-0.39, 0.29) is 6.04 Å². The van der Waals surface area contributed by atoms with E-state index in [1.165, 1.54) is 5.56 Å². The molecule has 1 aliphatic rings. The second kappa shape index (κ2) is 4.70. The molecular weight excluding hydrogens is 230 g/mol. The number of nitrogens with zero attached hydrogens (tertiary/aromatic N) is 1. The smallest absolute Gasteiger partial charge is 0.231 e. The maximum atomic E-state index is 5.37. The number of aromatic nitrogens is 2. The number of H-pyrrole nitrogens is 1. The molecule has 5 heteroatoms. The fourth-order valence-electron chi connectivity index (χ4n) is 1.95. The van der Waals surface area contributed by atoms with Crippen molar-refractivity contribution in [2.75, 3.05) is 6.79 Å². The third-order valence-corrected chi connectivity index (χ3v) is 3.06. The van der Waals surface area contributed by atoms with Gasteiger partial charge in [-0.1, -0.05) is 6.07 Å². The summed E-state index contributed by atoms with van der Waals surface area (Å²) in [6.07, 6.45) is 3.71. The molecule has 2 N–H and O–H groups in total. The first-order valence-corrected chi connectivity index (χ1v) is 5.93. The summed E-state index contributed by atoms with van der Waals surface area (Å²) in [6.45, 7) is 3.22. The van der Waals surface area contributed by atoms with Crippen molar-refractivity contribution in [1.82, 2.24) is 15.5 Å². The number of benzene rings is 1. The summed E-state index contributed by atoms with van der Waals surface area (Å²) in [4.78, 5) is 0. The van der Waals surface area contributed by atoms with Crippen molar-refractivity contribution in [2.24, 2.45) is 0 Å². The van der Waals surface area contributed by atoms with E-state index >= 15 is 0 Å². The molecule has 0 radical (unpaired) electrons. The lowest BCUT2D eigenvalue weighted by molar-refractivity contribution is 0.174. The third kappa shape index (κ3) is 2.17.